The largest absolute Gasteiger partial charge is 0.493 e. The smallest absolute Gasteiger partial charge is 0.162 e. The number of rotatable bonds is 7. The summed E-state index contributed by atoms with van der Waals surface area (Å²) in [5, 5.41) is 17.8. The van der Waals surface area contributed by atoms with E-state index in [0.29, 0.717) is 24.4 Å². The number of nitrogens with zero attached hydrogens (tertiary/aromatic N) is 4. The van der Waals surface area contributed by atoms with Crippen LogP contribution in [0.5, 0.6) is 5.75 Å². The Balaban J connectivity index is 2.17. The SMILES string of the molecule is COc1cnn(CCN(C)C)c1C(O)Cc1csc(C)n1. The van der Waals surface area contributed by atoms with Crippen molar-refractivity contribution in [3.05, 3.63) is 28.0 Å². The van der Waals surface area contributed by atoms with Gasteiger partial charge in [0.05, 0.1) is 30.6 Å². The Hall–Kier alpha value is -1.44. The van der Waals surface area contributed by atoms with Crippen LogP contribution in [-0.4, -0.2) is 52.5 Å². The van der Waals surface area contributed by atoms with Gasteiger partial charge in [0.15, 0.2) is 5.75 Å². The highest BCUT2D eigenvalue weighted by Crippen LogP contribution is 2.27. The second-order valence-electron chi connectivity index (χ2n) is 5.20. The fourth-order valence-corrected chi connectivity index (χ4v) is 2.77. The van der Waals surface area contributed by atoms with Gasteiger partial charge in [-0.25, -0.2) is 4.98 Å². The average molecular weight is 310 g/mol. The van der Waals surface area contributed by atoms with E-state index in [9.17, 15) is 5.11 Å². The molecule has 2 rings (SSSR count). The van der Waals surface area contributed by atoms with Gasteiger partial charge in [0.2, 0.25) is 0 Å². The van der Waals surface area contributed by atoms with Crippen molar-refractivity contribution in [1.82, 2.24) is 19.7 Å². The molecule has 21 heavy (non-hydrogen) atoms. The Labute approximate surface area is 129 Å². The number of aliphatic hydroxyl groups is 1. The number of hydrogen-bond acceptors (Lipinski definition) is 6. The first-order valence-corrected chi connectivity index (χ1v) is 7.72. The van der Waals surface area contributed by atoms with Crippen molar-refractivity contribution in [3.63, 3.8) is 0 Å². The van der Waals surface area contributed by atoms with E-state index in [1.165, 1.54) is 0 Å². The van der Waals surface area contributed by atoms with Gasteiger partial charge < -0.3 is 14.7 Å². The van der Waals surface area contributed by atoms with E-state index in [1.54, 1.807) is 24.6 Å². The molecular formula is C14H22N4O2S. The lowest BCUT2D eigenvalue weighted by molar-refractivity contribution is 0.160. The lowest BCUT2D eigenvalue weighted by Gasteiger charge is -2.16. The standard InChI is InChI=1S/C14H22N4O2S/c1-10-16-11(9-21-10)7-12(19)14-13(20-4)8-15-18(14)6-5-17(2)3/h8-9,12,19H,5-7H2,1-4H3. The molecule has 0 fully saturated rings. The number of aliphatic hydroxyl groups excluding tert-OH is 1. The van der Waals surface area contributed by atoms with Gasteiger partial charge in [-0.3, -0.25) is 4.68 Å². The van der Waals surface area contributed by atoms with Gasteiger partial charge in [-0.05, 0) is 21.0 Å². The van der Waals surface area contributed by atoms with E-state index >= 15 is 0 Å². The van der Waals surface area contributed by atoms with Gasteiger partial charge in [0.1, 0.15) is 11.8 Å². The number of methoxy groups -OCH3 is 1. The van der Waals surface area contributed by atoms with Crippen LogP contribution < -0.4 is 4.74 Å². The molecule has 0 bridgehead atoms. The first-order chi connectivity index (χ1) is 10.0. The molecular weight excluding hydrogens is 288 g/mol. The molecule has 2 aromatic rings. The average Bonchev–Trinajstić information content (AvgIpc) is 3.02. The summed E-state index contributed by atoms with van der Waals surface area (Å²) in [4.78, 5) is 6.48. The molecule has 0 radical (unpaired) electrons. The summed E-state index contributed by atoms with van der Waals surface area (Å²) in [5.74, 6) is 0.619. The topological polar surface area (TPSA) is 63.4 Å². The molecule has 0 spiro atoms. The Morgan fingerprint density at radius 1 is 1.48 bits per heavy atom. The highest BCUT2D eigenvalue weighted by atomic mass is 32.1. The third-order valence-electron chi connectivity index (χ3n) is 3.21. The first-order valence-electron chi connectivity index (χ1n) is 6.84. The Bertz CT molecular complexity index is 579. The molecule has 2 aromatic heterocycles. The van der Waals surface area contributed by atoms with Gasteiger partial charge in [0, 0.05) is 18.3 Å². The summed E-state index contributed by atoms with van der Waals surface area (Å²) in [6.07, 6.45) is 1.45. The lowest BCUT2D eigenvalue weighted by atomic mass is 10.1. The van der Waals surface area contributed by atoms with E-state index in [-0.39, 0.29) is 0 Å². The molecule has 116 valence electrons. The minimum absolute atomic E-state index is 0.467. The van der Waals surface area contributed by atoms with Crippen LogP contribution >= 0.6 is 11.3 Å². The molecule has 0 saturated heterocycles. The fraction of sp³-hybridized carbons (Fsp3) is 0.571. The molecule has 0 saturated carbocycles. The van der Waals surface area contributed by atoms with Crippen LogP contribution in [-0.2, 0) is 13.0 Å². The van der Waals surface area contributed by atoms with E-state index in [1.807, 2.05) is 31.1 Å². The number of aromatic nitrogens is 3. The lowest BCUT2D eigenvalue weighted by Crippen LogP contribution is -2.21. The molecule has 0 aliphatic rings. The predicted molar refractivity (Wildman–Crippen MR) is 82.8 cm³/mol. The molecule has 2 heterocycles. The molecule has 6 nitrogen and oxygen atoms in total. The number of ether oxygens (including phenoxy) is 1. The molecule has 1 N–H and O–H groups in total. The second kappa shape index (κ2) is 7.02. The van der Waals surface area contributed by atoms with Crippen molar-refractivity contribution in [1.29, 1.82) is 0 Å². The third-order valence-corrected chi connectivity index (χ3v) is 4.03. The Morgan fingerprint density at radius 2 is 2.24 bits per heavy atom. The molecule has 1 atom stereocenters. The van der Waals surface area contributed by atoms with Crippen LogP contribution in [0.4, 0.5) is 0 Å². The van der Waals surface area contributed by atoms with Gasteiger partial charge in [-0.15, -0.1) is 11.3 Å². The van der Waals surface area contributed by atoms with Crippen molar-refractivity contribution in [3.8, 4) is 5.75 Å². The summed E-state index contributed by atoms with van der Waals surface area (Å²) in [6.45, 7) is 3.52. The maximum atomic E-state index is 10.5. The number of likely N-dealkylation sites (N-methyl/N-ethyl adjacent to an activating group) is 1. The quantitative estimate of drug-likeness (QED) is 0.839. The maximum Gasteiger partial charge on any atom is 0.162 e. The van der Waals surface area contributed by atoms with Gasteiger partial charge in [-0.1, -0.05) is 0 Å². The summed E-state index contributed by atoms with van der Waals surface area (Å²) in [6, 6.07) is 0. The van der Waals surface area contributed by atoms with Crippen LogP contribution in [0.1, 0.15) is 22.5 Å². The number of hydrogen-bond donors (Lipinski definition) is 1. The second-order valence-corrected chi connectivity index (χ2v) is 6.26. The van der Waals surface area contributed by atoms with E-state index in [4.69, 9.17) is 4.74 Å². The highest BCUT2D eigenvalue weighted by molar-refractivity contribution is 7.09. The highest BCUT2D eigenvalue weighted by Gasteiger charge is 2.21. The number of aryl methyl sites for hydroxylation is 1. The zero-order chi connectivity index (χ0) is 15.4. The van der Waals surface area contributed by atoms with Crippen molar-refractivity contribution in [2.24, 2.45) is 0 Å². The fourth-order valence-electron chi connectivity index (χ4n) is 2.14. The molecule has 1 unspecified atom stereocenters. The molecule has 0 aliphatic heterocycles. The molecule has 0 aliphatic carbocycles. The van der Waals surface area contributed by atoms with Crippen LogP contribution in [0.2, 0.25) is 0 Å². The predicted octanol–water partition coefficient (Wildman–Crippen LogP) is 1.49. The summed E-state index contributed by atoms with van der Waals surface area (Å²) < 4.78 is 7.13. The summed E-state index contributed by atoms with van der Waals surface area (Å²) in [7, 11) is 5.61. The van der Waals surface area contributed by atoms with Crippen molar-refractivity contribution in [2.45, 2.75) is 26.0 Å². The van der Waals surface area contributed by atoms with E-state index < -0.39 is 6.10 Å². The van der Waals surface area contributed by atoms with Crippen molar-refractivity contribution >= 4 is 11.3 Å². The zero-order valence-electron chi connectivity index (χ0n) is 12.9. The van der Waals surface area contributed by atoms with Crippen LogP contribution in [0.25, 0.3) is 0 Å². The Kier molecular flexibility index (Phi) is 5.33. The van der Waals surface area contributed by atoms with E-state index in [2.05, 4.69) is 15.0 Å². The normalized spacial score (nSPS) is 12.9. The first kappa shape index (κ1) is 15.9. The minimum atomic E-state index is -0.675. The van der Waals surface area contributed by atoms with Crippen molar-refractivity contribution in [2.75, 3.05) is 27.7 Å². The van der Waals surface area contributed by atoms with Gasteiger partial charge in [-0.2, -0.15) is 5.10 Å². The summed E-state index contributed by atoms with van der Waals surface area (Å²) in [5.41, 5.74) is 1.61. The van der Waals surface area contributed by atoms with Crippen LogP contribution in [0.15, 0.2) is 11.6 Å². The minimum Gasteiger partial charge on any atom is -0.493 e. The monoisotopic (exact) mass is 310 g/mol. The zero-order valence-corrected chi connectivity index (χ0v) is 13.7. The molecule has 7 heteroatoms. The van der Waals surface area contributed by atoms with Crippen molar-refractivity contribution < 1.29 is 9.84 Å². The van der Waals surface area contributed by atoms with Crippen LogP contribution in [0, 0.1) is 6.92 Å². The van der Waals surface area contributed by atoms with E-state index in [0.717, 1.165) is 17.2 Å². The van der Waals surface area contributed by atoms with Gasteiger partial charge in [0.25, 0.3) is 0 Å². The van der Waals surface area contributed by atoms with Gasteiger partial charge >= 0.3 is 0 Å². The number of thiazole rings is 1. The summed E-state index contributed by atoms with van der Waals surface area (Å²) >= 11 is 1.59. The molecule has 0 aromatic carbocycles. The Morgan fingerprint density at radius 3 is 2.81 bits per heavy atom. The maximum absolute atomic E-state index is 10.5. The van der Waals surface area contributed by atoms with Crippen LogP contribution in [0.3, 0.4) is 0 Å². The molecule has 0 amide bonds. The third kappa shape index (κ3) is 4.03.